The molecule has 10 heavy (non-hydrogen) atoms. The van der Waals surface area contributed by atoms with Crippen molar-refractivity contribution in [3.63, 3.8) is 0 Å². The van der Waals surface area contributed by atoms with Crippen LogP contribution in [0.1, 0.15) is 12.8 Å². The first-order valence-electron chi connectivity index (χ1n) is 3.29. The van der Waals surface area contributed by atoms with Crippen molar-refractivity contribution >= 4 is 5.91 Å². The maximum Gasteiger partial charge on any atom is 0.249 e. The number of carbonyl (C=O) groups is 1. The van der Waals surface area contributed by atoms with E-state index in [4.69, 9.17) is 16.2 Å². The van der Waals surface area contributed by atoms with Gasteiger partial charge in [-0.05, 0) is 0 Å². The Bertz CT molecular complexity index is 196. The molecule has 3 aliphatic rings. The van der Waals surface area contributed by atoms with Gasteiger partial charge in [0.1, 0.15) is 5.60 Å². The predicted octanol–water partition coefficient (Wildman–Crippen LogP) is -1.27. The molecule has 2 heterocycles. The van der Waals surface area contributed by atoms with Gasteiger partial charge in [-0.15, -0.1) is 0 Å². The van der Waals surface area contributed by atoms with E-state index in [0.29, 0.717) is 19.4 Å². The zero-order valence-corrected chi connectivity index (χ0v) is 5.59. The van der Waals surface area contributed by atoms with Gasteiger partial charge in [0.25, 0.3) is 0 Å². The van der Waals surface area contributed by atoms with Crippen molar-refractivity contribution in [1.29, 1.82) is 0 Å². The van der Waals surface area contributed by atoms with Crippen LogP contribution in [0.25, 0.3) is 0 Å². The summed E-state index contributed by atoms with van der Waals surface area (Å²) in [5.41, 5.74) is 9.92. The highest BCUT2D eigenvalue weighted by atomic mass is 16.5. The molecule has 4 N–H and O–H groups in total. The molecular formula is C6H10N2O2. The van der Waals surface area contributed by atoms with Crippen LogP contribution in [0.5, 0.6) is 0 Å². The molecule has 0 aromatic heterocycles. The van der Waals surface area contributed by atoms with Gasteiger partial charge < -0.3 is 16.2 Å². The standard InChI is InChI=1S/C6H10N2O2/c7-4(9)6-1-5(8,2-6)3-10-6/h1-3,8H2,(H2,7,9). The van der Waals surface area contributed by atoms with Crippen LogP contribution in [-0.4, -0.2) is 23.7 Å². The van der Waals surface area contributed by atoms with E-state index in [-0.39, 0.29) is 11.4 Å². The lowest BCUT2D eigenvalue weighted by atomic mass is 9.69. The average molecular weight is 142 g/mol. The molecule has 4 nitrogen and oxygen atoms in total. The zero-order chi connectivity index (χ0) is 7.41. The Hall–Kier alpha value is -0.610. The molecular weight excluding hydrogens is 132 g/mol. The Morgan fingerprint density at radius 3 is 2.30 bits per heavy atom. The van der Waals surface area contributed by atoms with E-state index in [0.717, 1.165) is 0 Å². The third-order valence-electron chi connectivity index (χ3n) is 2.36. The molecule has 3 fully saturated rings. The fraction of sp³-hybridized carbons (Fsp3) is 0.833. The molecule has 0 atom stereocenters. The third kappa shape index (κ3) is 0.507. The summed E-state index contributed by atoms with van der Waals surface area (Å²) in [6, 6.07) is 0. The minimum absolute atomic E-state index is 0.241. The molecule has 0 radical (unpaired) electrons. The average Bonchev–Trinajstić information content (AvgIpc) is 2.19. The summed E-state index contributed by atoms with van der Waals surface area (Å²) in [4.78, 5) is 10.7. The first-order chi connectivity index (χ1) is 4.56. The molecule has 1 amide bonds. The summed E-state index contributed by atoms with van der Waals surface area (Å²) in [7, 11) is 0. The van der Waals surface area contributed by atoms with Gasteiger partial charge in [0, 0.05) is 18.4 Å². The Morgan fingerprint density at radius 2 is 2.10 bits per heavy atom. The molecule has 3 rings (SSSR count). The van der Waals surface area contributed by atoms with Crippen molar-refractivity contribution < 1.29 is 9.53 Å². The van der Waals surface area contributed by atoms with Crippen LogP contribution in [-0.2, 0) is 9.53 Å². The second kappa shape index (κ2) is 1.35. The largest absolute Gasteiger partial charge is 0.367 e. The van der Waals surface area contributed by atoms with Gasteiger partial charge in [0.2, 0.25) is 5.91 Å². The molecule has 56 valence electrons. The number of amides is 1. The number of ether oxygens (including phenoxy) is 1. The van der Waals surface area contributed by atoms with Crippen molar-refractivity contribution in [2.75, 3.05) is 6.61 Å². The minimum Gasteiger partial charge on any atom is -0.367 e. The van der Waals surface area contributed by atoms with Gasteiger partial charge in [-0.1, -0.05) is 0 Å². The molecule has 2 aliphatic heterocycles. The third-order valence-corrected chi connectivity index (χ3v) is 2.36. The highest BCUT2D eigenvalue weighted by Crippen LogP contribution is 2.49. The van der Waals surface area contributed by atoms with E-state index < -0.39 is 5.60 Å². The van der Waals surface area contributed by atoms with Crippen LogP contribution in [0.2, 0.25) is 0 Å². The van der Waals surface area contributed by atoms with Crippen LogP contribution in [0.4, 0.5) is 0 Å². The van der Waals surface area contributed by atoms with Crippen LogP contribution in [0.3, 0.4) is 0 Å². The first-order valence-corrected chi connectivity index (χ1v) is 3.29. The van der Waals surface area contributed by atoms with Gasteiger partial charge in [0.15, 0.2) is 0 Å². The molecule has 2 bridgehead atoms. The highest BCUT2D eigenvalue weighted by molar-refractivity contribution is 5.86. The van der Waals surface area contributed by atoms with Crippen LogP contribution < -0.4 is 11.5 Å². The number of nitrogens with two attached hydrogens (primary N) is 2. The van der Waals surface area contributed by atoms with Gasteiger partial charge >= 0.3 is 0 Å². The highest BCUT2D eigenvalue weighted by Gasteiger charge is 2.64. The Morgan fingerprint density at radius 1 is 1.50 bits per heavy atom. The molecule has 0 spiro atoms. The molecule has 2 saturated heterocycles. The summed E-state index contributed by atoms with van der Waals surface area (Å²) in [6.45, 7) is 0.482. The quantitative estimate of drug-likeness (QED) is 0.479. The van der Waals surface area contributed by atoms with E-state index in [1.165, 1.54) is 0 Å². The molecule has 4 heteroatoms. The summed E-state index contributed by atoms with van der Waals surface area (Å²) in [6.07, 6.45) is 1.21. The van der Waals surface area contributed by atoms with Gasteiger partial charge in [0.05, 0.1) is 6.61 Å². The maximum atomic E-state index is 10.7. The Labute approximate surface area is 58.5 Å². The summed E-state index contributed by atoms with van der Waals surface area (Å²) >= 11 is 0. The number of fused-ring (bicyclic) bond motifs is 1. The molecule has 1 aliphatic carbocycles. The van der Waals surface area contributed by atoms with E-state index >= 15 is 0 Å². The zero-order valence-electron chi connectivity index (χ0n) is 5.59. The normalized spacial score (nSPS) is 50.5. The smallest absolute Gasteiger partial charge is 0.249 e. The number of hydrogen-bond acceptors (Lipinski definition) is 3. The monoisotopic (exact) mass is 142 g/mol. The van der Waals surface area contributed by atoms with E-state index in [1.54, 1.807) is 0 Å². The van der Waals surface area contributed by atoms with Crippen molar-refractivity contribution in [3.8, 4) is 0 Å². The van der Waals surface area contributed by atoms with Crippen molar-refractivity contribution in [2.24, 2.45) is 11.5 Å². The Balaban J connectivity index is 2.20. The lowest BCUT2D eigenvalue weighted by Crippen LogP contribution is -2.60. The van der Waals surface area contributed by atoms with Crippen LogP contribution in [0, 0.1) is 0 Å². The second-order valence-corrected chi connectivity index (χ2v) is 3.36. The van der Waals surface area contributed by atoms with E-state index in [2.05, 4.69) is 0 Å². The fourth-order valence-corrected chi connectivity index (χ4v) is 1.82. The maximum absolute atomic E-state index is 10.7. The topological polar surface area (TPSA) is 78.3 Å². The second-order valence-electron chi connectivity index (χ2n) is 3.36. The lowest BCUT2D eigenvalue weighted by molar-refractivity contribution is -0.140. The number of carbonyl (C=O) groups excluding carboxylic acids is 1. The van der Waals surface area contributed by atoms with Crippen LogP contribution >= 0.6 is 0 Å². The van der Waals surface area contributed by atoms with Crippen molar-refractivity contribution in [2.45, 2.75) is 24.0 Å². The van der Waals surface area contributed by atoms with E-state index in [9.17, 15) is 4.79 Å². The molecule has 0 unspecified atom stereocenters. The number of rotatable bonds is 1. The van der Waals surface area contributed by atoms with Gasteiger partial charge in [-0.25, -0.2) is 0 Å². The van der Waals surface area contributed by atoms with Crippen molar-refractivity contribution in [1.82, 2.24) is 0 Å². The Kier molecular flexibility index (Phi) is 0.830. The van der Waals surface area contributed by atoms with E-state index in [1.807, 2.05) is 0 Å². The molecule has 0 aromatic rings. The molecule has 1 saturated carbocycles. The fourth-order valence-electron chi connectivity index (χ4n) is 1.82. The number of primary amides is 1. The summed E-state index contributed by atoms with van der Waals surface area (Å²) < 4.78 is 5.18. The molecule has 0 aromatic carbocycles. The lowest BCUT2D eigenvalue weighted by Gasteiger charge is -2.39. The van der Waals surface area contributed by atoms with Gasteiger partial charge in [-0.2, -0.15) is 0 Å². The summed E-state index contributed by atoms with van der Waals surface area (Å²) in [5.74, 6) is -0.369. The van der Waals surface area contributed by atoms with Crippen molar-refractivity contribution in [3.05, 3.63) is 0 Å². The first kappa shape index (κ1) is 6.12. The van der Waals surface area contributed by atoms with Crippen LogP contribution in [0.15, 0.2) is 0 Å². The SMILES string of the molecule is NC(=O)C12CC(N)(CO1)C2. The number of hydrogen-bond donors (Lipinski definition) is 2. The van der Waals surface area contributed by atoms with Gasteiger partial charge in [-0.3, -0.25) is 4.79 Å². The summed E-state index contributed by atoms with van der Waals surface area (Å²) in [5, 5.41) is 0. The predicted molar refractivity (Wildman–Crippen MR) is 34.0 cm³/mol. The minimum atomic E-state index is -0.686.